The normalized spacial score (nSPS) is 16.7. The third-order valence-corrected chi connectivity index (χ3v) is 3.96. The first-order chi connectivity index (χ1) is 11.2. The Kier molecular flexibility index (Phi) is 4.28. The van der Waals surface area contributed by atoms with Gasteiger partial charge in [-0.05, 0) is 17.5 Å². The van der Waals surface area contributed by atoms with Gasteiger partial charge in [0.15, 0.2) is 6.10 Å². The minimum atomic E-state index is -0.996. The molecule has 5 heteroatoms. The number of nitrogens with zero attached hydrogens (tertiary/aromatic N) is 1. The van der Waals surface area contributed by atoms with Crippen LogP contribution in [0.25, 0.3) is 0 Å². The number of rotatable bonds is 4. The average molecular weight is 311 g/mol. The fourth-order valence-corrected chi connectivity index (χ4v) is 2.62. The third-order valence-electron chi connectivity index (χ3n) is 3.96. The molecule has 0 spiro atoms. The summed E-state index contributed by atoms with van der Waals surface area (Å²) < 4.78 is 5.63. The molecule has 2 aromatic carbocycles. The van der Waals surface area contributed by atoms with E-state index in [4.69, 9.17) is 9.84 Å². The second kappa shape index (κ2) is 6.52. The van der Waals surface area contributed by atoms with Crippen LogP contribution in [0.5, 0.6) is 0 Å². The van der Waals surface area contributed by atoms with E-state index in [1.807, 2.05) is 60.7 Å². The number of benzene rings is 2. The smallest absolute Gasteiger partial charge is 0.411 e. The number of carbonyl (C=O) groups excluding carboxylic acids is 1. The highest BCUT2D eigenvalue weighted by atomic mass is 16.6. The first-order valence-corrected chi connectivity index (χ1v) is 7.47. The number of carboxylic acid groups (broad SMARTS) is 1. The highest BCUT2D eigenvalue weighted by molar-refractivity contribution is 5.82. The fraction of sp³-hybridized carbons (Fsp3) is 0.222. The molecule has 0 saturated carbocycles. The predicted molar refractivity (Wildman–Crippen MR) is 84.0 cm³/mol. The van der Waals surface area contributed by atoms with Crippen LogP contribution in [-0.4, -0.2) is 34.7 Å². The second-order valence-corrected chi connectivity index (χ2v) is 5.42. The highest BCUT2D eigenvalue weighted by Crippen LogP contribution is 2.28. The lowest BCUT2D eigenvalue weighted by Gasteiger charge is -2.37. The lowest BCUT2D eigenvalue weighted by atomic mass is 10.0. The van der Waals surface area contributed by atoms with Gasteiger partial charge in [-0.15, -0.1) is 0 Å². The number of hydrogen-bond acceptors (Lipinski definition) is 3. The van der Waals surface area contributed by atoms with E-state index >= 15 is 0 Å². The van der Waals surface area contributed by atoms with Gasteiger partial charge in [-0.3, -0.25) is 4.90 Å². The minimum Gasteiger partial charge on any atom is -0.480 e. The van der Waals surface area contributed by atoms with E-state index < -0.39 is 24.2 Å². The van der Waals surface area contributed by atoms with Crippen molar-refractivity contribution in [2.75, 3.05) is 6.54 Å². The Balaban J connectivity index is 1.82. The maximum absolute atomic E-state index is 12.3. The molecule has 1 unspecified atom stereocenters. The first-order valence-electron chi connectivity index (χ1n) is 7.47. The van der Waals surface area contributed by atoms with Crippen molar-refractivity contribution in [3.8, 4) is 0 Å². The van der Waals surface area contributed by atoms with E-state index in [0.717, 1.165) is 11.1 Å². The standard InChI is InChI=1S/C18H17NO4/c20-17(21)15-11-12-19(15)18(22)23-16(13-7-3-1-4-8-13)14-9-5-2-6-10-14/h1-10,15-16H,11-12H2,(H,20,21). The van der Waals surface area contributed by atoms with Crippen LogP contribution in [0.3, 0.4) is 0 Å². The molecule has 1 saturated heterocycles. The van der Waals surface area contributed by atoms with Crippen molar-refractivity contribution in [2.45, 2.75) is 18.6 Å². The molecule has 3 rings (SSSR count). The first kappa shape index (κ1) is 15.1. The summed E-state index contributed by atoms with van der Waals surface area (Å²) in [6, 6.07) is 18.1. The Morgan fingerprint density at radius 3 is 1.91 bits per heavy atom. The number of likely N-dealkylation sites (tertiary alicyclic amines) is 1. The van der Waals surface area contributed by atoms with Crippen molar-refractivity contribution in [3.05, 3.63) is 71.8 Å². The minimum absolute atomic E-state index is 0.409. The summed E-state index contributed by atoms with van der Waals surface area (Å²) in [7, 11) is 0. The SMILES string of the molecule is O=C(O)C1CCN1C(=O)OC(c1ccccc1)c1ccccc1. The summed E-state index contributed by atoms with van der Waals surface area (Å²) in [6.07, 6.45) is -0.688. The van der Waals surface area contributed by atoms with E-state index in [9.17, 15) is 9.59 Å². The van der Waals surface area contributed by atoms with Crippen molar-refractivity contribution in [1.29, 1.82) is 0 Å². The molecular formula is C18H17NO4. The molecule has 1 fully saturated rings. The Labute approximate surface area is 134 Å². The van der Waals surface area contributed by atoms with Gasteiger partial charge in [0.25, 0.3) is 0 Å². The van der Waals surface area contributed by atoms with Crippen molar-refractivity contribution >= 4 is 12.1 Å². The highest BCUT2D eigenvalue weighted by Gasteiger charge is 2.39. The third kappa shape index (κ3) is 3.18. The molecule has 0 bridgehead atoms. The molecule has 0 aliphatic carbocycles. The van der Waals surface area contributed by atoms with Gasteiger partial charge in [-0.25, -0.2) is 9.59 Å². The number of carboxylic acids is 1. The zero-order chi connectivity index (χ0) is 16.2. The Morgan fingerprint density at radius 2 is 1.52 bits per heavy atom. The van der Waals surface area contributed by atoms with Gasteiger partial charge >= 0.3 is 12.1 Å². The van der Waals surface area contributed by atoms with Crippen molar-refractivity contribution in [1.82, 2.24) is 4.90 Å². The van der Waals surface area contributed by atoms with Crippen LogP contribution in [0.4, 0.5) is 4.79 Å². The number of ether oxygens (including phenoxy) is 1. The summed E-state index contributed by atoms with van der Waals surface area (Å²) in [5, 5.41) is 9.07. The van der Waals surface area contributed by atoms with Crippen LogP contribution in [0.2, 0.25) is 0 Å². The zero-order valence-corrected chi connectivity index (χ0v) is 12.5. The Hall–Kier alpha value is -2.82. The zero-order valence-electron chi connectivity index (χ0n) is 12.5. The van der Waals surface area contributed by atoms with Crippen LogP contribution in [0.15, 0.2) is 60.7 Å². The van der Waals surface area contributed by atoms with Crippen LogP contribution in [0, 0.1) is 0 Å². The summed E-state index contributed by atoms with van der Waals surface area (Å²) in [4.78, 5) is 24.7. The number of aliphatic carboxylic acids is 1. The summed E-state index contributed by atoms with van der Waals surface area (Å²) >= 11 is 0. The van der Waals surface area contributed by atoms with E-state index in [-0.39, 0.29) is 0 Å². The molecule has 1 amide bonds. The van der Waals surface area contributed by atoms with E-state index in [2.05, 4.69) is 0 Å². The Morgan fingerprint density at radius 1 is 1.00 bits per heavy atom. The molecule has 1 aliphatic rings. The second-order valence-electron chi connectivity index (χ2n) is 5.42. The largest absolute Gasteiger partial charge is 0.480 e. The molecule has 1 atom stereocenters. The van der Waals surface area contributed by atoms with Gasteiger partial charge in [0.2, 0.25) is 0 Å². The van der Waals surface area contributed by atoms with Crippen LogP contribution < -0.4 is 0 Å². The molecular weight excluding hydrogens is 294 g/mol. The molecule has 1 heterocycles. The number of carbonyl (C=O) groups is 2. The average Bonchev–Trinajstić information content (AvgIpc) is 2.52. The van der Waals surface area contributed by atoms with Gasteiger partial charge < -0.3 is 9.84 Å². The number of amides is 1. The van der Waals surface area contributed by atoms with Gasteiger partial charge in [0, 0.05) is 6.54 Å². The molecule has 0 aromatic heterocycles. The Bertz CT molecular complexity index is 647. The quantitative estimate of drug-likeness (QED) is 0.942. The summed E-state index contributed by atoms with van der Waals surface area (Å²) in [5.74, 6) is -0.996. The van der Waals surface area contributed by atoms with Gasteiger partial charge in [0.05, 0.1) is 0 Å². The number of hydrogen-bond donors (Lipinski definition) is 1. The van der Waals surface area contributed by atoms with Gasteiger partial charge in [0.1, 0.15) is 6.04 Å². The summed E-state index contributed by atoms with van der Waals surface area (Å²) in [5.41, 5.74) is 1.69. The maximum atomic E-state index is 12.3. The lowest BCUT2D eigenvalue weighted by molar-refractivity contribution is -0.147. The van der Waals surface area contributed by atoms with Crippen molar-refractivity contribution in [2.24, 2.45) is 0 Å². The predicted octanol–water partition coefficient (Wildman–Crippen LogP) is 3.07. The molecule has 1 N–H and O–H groups in total. The molecule has 5 nitrogen and oxygen atoms in total. The van der Waals surface area contributed by atoms with Crippen LogP contribution in [0.1, 0.15) is 23.7 Å². The van der Waals surface area contributed by atoms with Crippen LogP contribution >= 0.6 is 0 Å². The van der Waals surface area contributed by atoms with Gasteiger partial charge in [-0.2, -0.15) is 0 Å². The molecule has 1 aliphatic heterocycles. The van der Waals surface area contributed by atoms with Crippen LogP contribution in [-0.2, 0) is 9.53 Å². The monoisotopic (exact) mass is 311 g/mol. The van der Waals surface area contributed by atoms with Gasteiger partial charge in [-0.1, -0.05) is 60.7 Å². The molecule has 23 heavy (non-hydrogen) atoms. The lowest BCUT2D eigenvalue weighted by Crippen LogP contribution is -2.55. The van der Waals surface area contributed by atoms with Crippen molar-refractivity contribution in [3.63, 3.8) is 0 Å². The van der Waals surface area contributed by atoms with E-state index in [1.54, 1.807) is 0 Å². The fourth-order valence-electron chi connectivity index (χ4n) is 2.62. The summed E-state index contributed by atoms with van der Waals surface area (Å²) in [6.45, 7) is 0.409. The topological polar surface area (TPSA) is 66.8 Å². The molecule has 0 radical (unpaired) electrons. The van der Waals surface area contributed by atoms with E-state index in [0.29, 0.717) is 13.0 Å². The van der Waals surface area contributed by atoms with Crippen molar-refractivity contribution < 1.29 is 19.4 Å². The van der Waals surface area contributed by atoms with E-state index in [1.165, 1.54) is 4.90 Å². The molecule has 118 valence electrons. The maximum Gasteiger partial charge on any atom is 0.411 e. The molecule has 2 aromatic rings.